The van der Waals surface area contributed by atoms with E-state index in [4.69, 9.17) is 11.5 Å². The van der Waals surface area contributed by atoms with Gasteiger partial charge in [-0.2, -0.15) is 0 Å². The number of thiazole rings is 1. The molecule has 0 saturated heterocycles. The Morgan fingerprint density at radius 2 is 2.21 bits per heavy atom. The Morgan fingerprint density at radius 1 is 1.53 bits per heavy atom. The lowest BCUT2D eigenvalue weighted by Crippen LogP contribution is -2.35. The van der Waals surface area contributed by atoms with Crippen molar-refractivity contribution in [2.24, 2.45) is 5.73 Å². The van der Waals surface area contributed by atoms with Crippen molar-refractivity contribution in [3.63, 3.8) is 0 Å². The van der Waals surface area contributed by atoms with Crippen LogP contribution in [-0.2, 0) is 4.79 Å². The van der Waals surface area contributed by atoms with Crippen LogP contribution in [0.4, 0.5) is 10.9 Å². The minimum Gasteiger partial charge on any atom is -0.382 e. The van der Waals surface area contributed by atoms with Gasteiger partial charge >= 0.3 is 0 Å². The summed E-state index contributed by atoms with van der Waals surface area (Å²) >= 11 is 1.21. The number of nitrogens with one attached hydrogen (secondary N) is 1. The SMILES string of the molecule is CN(CC(N)=O)C(=O)c1sc(NC2CCC2)nc1N. The third kappa shape index (κ3) is 3.14. The zero-order valence-corrected chi connectivity index (χ0v) is 11.5. The first-order valence-corrected chi connectivity index (χ1v) is 6.85. The van der Waals surface area contributed by atoms with Gasteiger partial charge in [-0.1, -0.05) is 11.3 Å². The first-order valence-electron chi connectivity index (χ1n) is 6.04. The molecule has 0 bridgehead atoms. The van der Waals surface area contributed by atoms with Gasteiger partial charge in [-0.05, 0) is 19.3 Å². The van der Waals surface area contributed by atoms with E-state index in [1.54, 1.807) is 0 Å². The van der Waals surface area contributed by atoms with Crippen molar-refractivity contribution in [3.8, 4) is 0 Å². The van der Waals surface area contributed by atoms with Gasteiger partial charge in [0.15, 0.2) is 5.13 Å². The molecule has 1 aromatic rings. The Balaban J connectivity index is 2.06. The van der Waals surface area contributed by atoms with E-state index in [9.17, 15) is 9.59 Å². The lowest BCUT2D eigenvalue weighted by molar-refractivity contribution is -0.118. The second kappa shape index (κ2) is 5.43. The lowest BCUT2D eigenvalue weighted by atomic mass is 9.93. The summed E-state index contributed by atoms with van der Waals surface area (Å²) in [6.45, 7) is -0.137. The third-order valence-electron chi connectivity index (χ3n) is 3.02. The second-order valence-corrected chi connectivity index (χ2v) is 5.63. The van der Waals surface area contributed by atoms with Crippen molar-refractivity contribution in [1.82, 2.24) is 9.88 Å². The van der Waals surface area contributed by atoms with E-state index in [0.29, 0.717) is 16.1 Å². The number of hydrogen-bond donors (Lipinski definition) is 3. The number of likely N-dealkylation sites (N-methyl/N-ethyl adjacent to an activating group) is 1. The van der Waals surface area contributed by atoms with Gasteiger partial charge in [0, 0.05) is 13.1 Å². The zero-order valence-electron chi connectivity index (χ0n) is 10.7. The van der Waals surface area contributed by atoms with E-state index < -0.39 is 5.91 Å². The van der Waals surface area contributed by atoms with Crippen LogP contribution in [0.2, 0.25) is 0 Å². The predicted octanol–water partition coefficient (Wildman–Crippen LogP) is 0.247. The molecule has 19 heavy (non-hydrogen) atoms. The number of aromatic nitrogens is 1. The van der Waals surface area contributed by atoms with Crippen molar-refractivity contribution in [1.29, 1.82) is 0 Å². The Kier molecular flexibility index (Phi) is 3.89. The van der Waals surface area contributed by atoms with Crippen molar-refractivity contribution in [3.05, 3.63) is 4.88 Å². The van der Waals surface area contributed by atoms with Crippen LogP contribution in [0.25, 0.3) is 0 Å². The number of amides is 2. The number of primary amides is 1. The molecule has 104 valence electrons. The number of nitrogens with two attached hydrogens (primary N) is 2. The molecule has 0 radical (unpaired) electrons. The van der Waals surface area contributed by atoms with Gasteiger partial charge in [-0.25, -0.2) is 4.98 Å². The van der Waals surface area contributed by atoms with Crippen molar-refractivity contribution < 1.29 is 9.59 Å². The summed E-state index contributed by atoms with van der Waals surface area (Å²) in [4.78, 5) is 28.6. The summed E-state index contributed by atoms with van der Waals surface area (Å²) in [6.07, 6.45) is 3.44. The smallest absolute Gasteiger partial charge is 0.268 e. The monoisotopic (exact) mass is 283 g/mol. The number of nitrogens with zero attached hydrogens (tertiary/aromatic N) is 2. The Morgan fingerprint density at radius 3 is 2.74 bits per heavy atom. The molecule has 1 aliphatic rings. The van der Waals surface area contributed by atoms with Crippen molar-refractivity contribution in [2.45, 2.75) is 25.3 Å². The van der Waals surface area contributed by atoms with E-state index in [-0.39, 0.29) is 18.3 Å². The maximum Gasteiger partial charge on any atom is 0.268 e. The molecule has 0 spiro atoms. The fourth-order valence-electron chi connectivity index (χ4n) is 1.75. The first-order chi connectivity index (χ1) is 8.97. The van der Waals surface area contributed by atoms with E-state index in [2.05, 4.69) is 10.3 Å². The minimum absolute atomic E-state index is 0.137. The number of hydrogen-bond acceptors (Lipinski definition) is 6. The molecule has 7 nitrogen and oxygen atoms in total. The number of carbonyl (C=O) groups is 2. The van der Waals surface area contributed by atoms with Crippen LogP contribution in [0.3, 0.4) is 0 Å². The average molecular weight is 283 g/mol. The van der Waals surface area contributed by atoms with E-state index in [1.165, 1.54) is 29.7 Å². The molecular weight excluding hydrogens is 266 g/mol. The van der Waals surface area contributed by atoms with E-state index >= 15 is 0 Å². The Labute approximate surface area is 115 Å². The van der Waals surface area contributed by atoms with Crippen molar-refractivity contribution in [2.75, 3.05) is 24.6 Å². The van der Waals surface area contributed by atoms with Gasteiger partial charge in [-0.3, -0.25) is 9.59 Å². The molecular formula is C11H17N5O2S. The van der Waals surface area contributed by atoms with E-state index in [0.717, 1.165) is 12.8 Å². The van der Waals surface area contributed by atoms with Crippen LogP contribution in [0.15, 0.2) is 0 Å². The number of carbonyl (C=O) groups excluding carboxylic acids is 2. The summed E-state index contributed by atoms with van der Waals surface area (Å²) in [5, 5.41) is 3.89. The summed E-state index contributed by atoms with van der Waals surface area (Å²) in [5.41, 5.74) is 10.8. The molecule has 1 fully saturated rings. The van der Waals surface area contributed by atoms with Gasteiger partial charge in [0.2, 0.25) is 5.91 Å². The van der Waals surface area contributed by atoms with Crippen LogP contribution in [0, 0.1) is 0 Å². The minimum atomic E-state index is -0.563. The standard InChI is InChI=1S/C11H17N5O2S/c1-16(5-7(12)17)10(18)8-9(13)15-11(19-8)14-6-3-2-4-6/h6H,2-5,13H2,1H3,(H2,12,17)(H,14,15). The molecule has 0 atom stereocenters. The fourth-order valence-corrected chi connectivity index (χ4v) is 2.71. The first kappa shape index (κ1) is 13.6. The second-order valence-electron chi connectivity index (χ2n) is 4.63. The number of nitrogen functional groups attached to an aromatic ring is 1. The van der Waals surface area contributed by atoms with Crippen LogP contribution in [0.1, 0.15) is 28.9 Å². The maximum atomic E-state index is 12.1. The average Bonchev–Trinajstić information content (AvgIpc) is 2.63. The summed E-state index contributed by atoms with van der Waals surface area (Å²) < 4.78 is 0. The highest BCUT2D eigenvalue weighted by molar-refractivity contribution is 7.18. The van der Waals surface area contributed by atoms with Gasteiger partial charge in [0.1, 0.15) is 10.7 Å². The predicted molar refractivity (Wildman–Crippen MR) is 73.9 cm³/mol. The topological polar surface area (TPSA) is 114 Å². The molecule has 2 rings (SSSR count). The zero-order chi connectivity index (χ0) is 14.0. The van der Waals surface area contributed by atoms with Gasteiger partial charge in [0.25, 0.3) is 5.91 Å². The van der Waals surface area contributed by atoms with Gasteiger partial charge < -0.3 is 21.7 Å². The summed E-state index contributed by atoms with van der Waals surface area (Å²) in [5.74, 6) is -0.713. The molecule has 8 heteroatoms. The van der Waals surface area contributed by atoms with Gasteiger partial charge in [0.05, 0.1) is 6.54 Å². The highest BCUT2D eigenvalue weighted by atomic mass is 32.1. The van der Waals surface area contributed by atoms with Crippen LogP contribution in [-0.4, -0.2) is 41.3 Å². The quantitative estimate of drug-likeness (QED) is 0.716. The van der Waals surface area contributed by atoms with Crippen LogP contribution < -0.4 is 16.8 Å². The summed E-state index contributed by atoms with van der Waals surface area (Å²) in [7, 11) is 1.51. The molecule has 0 aromatic carbocycles. The van der Waals surface area contributed by atoms with Gasteiger partial charge in [-0.15, -0.1) is 0 Å². The highest BCUT2D eigenvalue weighted by Crippen LogP contribution is 2.30. The Hall–Kier alpha value is -1.83. The molecule has 2 amide bonds. The molecule has 1 aromatic heterocycles. The third-order valence-corrected chi connectivity index (χ3v) is 4.01. The Bertz CT molecular complexity index is 497. The fraction of sp³-hybridized carbons (Fsp3) is 0.545. The summed E-state index contributed by atoms with van der Waals surface area (Å²) in [6, 6.07) is 0.428. The number of anilines is 2. The lowest BCUT2D eigenvalue weighted by Gasteiger charge is -2.25. The molecule has 1 heterocycles. The molecule has 0 unspecified atom stereocenters. The normalized spacial score (nSPS) is 14.8. The van der Waals surface area contributed by atoms with E-state index in [1.807, 2.05) is 0 Å². The highest BCUT2D eigenvalue weighted by Gasteiger charge is 2.23. The molecule has 0 aliphatic heterocycles. The van der Waals surface area contributed by atoms with Crippen molar-refractivity contribution >= 4 is 34.1 Å². The molecule has 1 aliphatic carbocycles. The van der Waals surface area contributed by atoms with Crippen LogP contribution in [0.5, 0.6) is 0 Å². The van der Waals surface area contributed by atoms with Crippen LogP contribution >= 0.6 is 11.3 Å². The number of rotatable bonds is 5. The molecule has 5 N–H and O–H groups in total. The maximum absolute atomic E-state index is 12.1. The molecule has 1 saturated carbocycles. The largest absolute Gasteiger partial charge is 0.382 e.